The number of anilines is 1. The van der Waals surface area contributed by atoms with Gasteiger partial charge in [0.25, 0.3) is 0 Å². The van der Waals surface area contributed by atoms with Gasteiger partial charge in [-0.2, -0.15) is 0 Å². The second-order valence-corrected chi connectivity index (χ2v) is 5.29. The summed E-state index contributed by atoms with van der Waals surface area (Å²) in [5.74, 6) is 1.19. The highest BCUT2D eigenvalue weighted by atomic mass is 15.3. The van der Waals surface area contributed by atoms with Crippen molar-refractivity contribution >= 4 is 5.95 Å². The first-order valence-electron chi connectivity index (χ1n) is 6.83. The van der Waals surface area contributed by atoms with Gasteiger partial charge in [-0.05, 0) is 26.3 Å². The van der Waals surface area contributed by atoms with E-state index in [4.69, 9.17) is 0 Å². The van der Waals surface area contributed by atoms with Crippen LogP contribution in [0.5, 0.6) is 0 Å². The molecule has 1 aromatic heterocycles. The smallest absolute Gasteiger partial charge is 0.205 e. The monoisotopic (exact) mass is 234 g/mol. The Labute approximate surface area is 103 Å². The molecule has 1 saturated heterocycles. The van der Waals surface area contributed by atoms with Gasteiger partial charge in [0.1, 0.15) is 0 Å². The molecular weight excluding hydrogens is 212 g/mol. The maximum Gasteiger partial charge on any atom is 0.205 e. The summed E-state index contributed by atoms with van der Waals surface area (Å²) in [6, 6.07) is 1.32. The number of hydrogen-bond acceptors (Lipinski definition) is 3. The van der Waals surface area contributed by atoms with E-state index in [0.717, 1.165) is 13.1 Å². The normalized spacial score (nSPS) is 25.9. The Morgan fingerprint density at radius 2 is 2.12 bits per heavy atom. The average Bonchev–Trinajstić information content (AvgIpc) is 3.09. The molecule has 1 unspecified atom stereocenters. The van der Waals surface area contributed by atoms with Crippen LogP contribution in [0, 0.1) is 0 Å². The SMILES string of the molecule is CNC1CCN(c2nccn2C2CCCC2)C1. The molecule has 2 heterocycles. The second-order valence-electron chi connectivity index (χ2n) is 5.29. The third kappa shape index (κ3) is 2.06. The van der Waals surface area contributed by atoms with E-state index < -0.39 is 0 Å². The molecule has 1 saturated carbocycles. The molecule has 0 spiro atoms. The molecule has 1 N–H and O–H groups in total. The molecule has 0 bridgehead atoms. The van der Waals surface area contributed by atoms with E-state index in [9.17, 15) is 0 Å². The van der Waals surface area contributed by atoms with Crippen molar-refractivity contribution < 1.29 is 0 Å². The Hall–Kier alpha value is -1.03. The minimum Gasteiger partial charge on any atom is -0.341 e. The predicted octanol–water partition coefficient (Wildman–Crippen LogP) is 1.80. The van der Waals surface area contributed by atoms with Crippen LogP contribution >= 0.6 is 0 Å². The van der Waals surface area contributed by atoms with E-state index in [1.807, 2.05) is 6.20 Å². The van der Waals surface area contributed by atoms with Gasteiger partial charge in [-0.3, -0.25) is 0 Å². The molecule has 1 aromatic rings. The molecule has 4 nitrogen and oxygen atoms in total. The molecule has 1 aliphatic carbocycles. The summed E-state index contributed by atoms with van der Waals surface area (Å²) in [5.41, 5.74) is 0. The van der Waals surface area contributed by atoms with Crippen molar-refractivity contribution in [2.75, 3.05) is 25.0 Å². The van der Waals surface area contributed by atoms with Gasteiger partial charge in [0.05, 0.1) is 0 Å². The number of nitrogens with one attached hydrogen (secondary N) is 1. The van der Waals surface area contributed by atoms with Crippen LogP contribution in [0.1, 0.15) is 38.1 Å². The molecule has 1 atom stereocenters. The van der Waals surface area contributed by atoms with Crippen molar-refractivity contribution in [3.05, 3.63) is 12.4 Å². The Morgan fingerprint density at radius 1 is 1.29 bits per heavy atom. The van der Waals surface area contributed by atoms with Crippen LogP contribution in [0.4, 0.5) is 5.95 Å². The fourth-order valence-electron chi connectivity index (χ4n) is 3.20. The maximum absolute atomic E-state index is 4.57. The van der Waals surface area contributed by atoms with Crippen LogP contribution in [0.25, 0.3) is 0 Å². The number of rotatable bonds is 3. The lowest BCUT2D eigenvalue weighted by Crippen LogP contribution is -2.31. The lowest BCUT2D eigenvalue weighted by molar-refractivity contribution is 0.515. The fraction of sp³-hybridized carbons (Fsp3) is 0.769. The first-order chi connectivity index (χ1) is 8.38. The quantitative estimate of drug-likeness (QED) is 0.865. The number of hydrogen-bond donors (Lipinski definition) is 1. The van der Waals surface area contributed by atoms with Crippen molar-refractivity contribution in [3.8, 4) is 0 Å². The van der Waals surface area contributed by atoms with E-state index in [2.05, 4.69) is 33.0 Å². The Morgan fingerprint density at radius 3 is 2.82 bits per heavy atom. The molecular formula is C13H22N4. The van der Waals surface area contributed by atoms with Crippen LogP contribution < -0.4 is 10.2 Å². The zero-order valence-corrected chi connectivity index (χ0v) is 10.6. The van der Waals surface area contributed by atoms with Gasteiger partial charge in [-0.25, -0.2) is 4.98 Å². The van der Waals surface area contributed by atoms with Crippen LogP contribution in [-0.2, 0) is 0 Å². The summed E-state index contributed by atoms with van der Waals surface area (Å²) < 4.78 is 2.41. The van der Waals surface area contributed by atoms with Crippen LogP contribution in [0.3, 0.4) is 0 Å². The summed E-state index contributed by atoms with van der Waals surface area (Å²) in [4.78, 5) is 7.00. The Bertz CT molecular complexity index is 367. The second kappa shape index (κ2) is 4.69. The third-order valence-corrected chi connectivity index (χ3v) is 4.25. The van der Waals surface area contributed by atoms with E-state index in [0.29, 0.717) is 12.1 Å². The highest BCUT2D eigenvalue weighted by molar-refractivity contribution is 5.34. The van der Waals surface area contributed by atoms with Gasteiger partial charge in [0, 0.05) is 37.6 Å². The summed E-state index contributed by atoms with van der Waals surface area (Å²) in [6.45, 7) is 2.23. The summed E-state index contributed by atoms with van der Waals surface area (Å²) >= 11 is 0. The van der Waals surface area contributed by atoms with Crippen molar-refractivity contribution in [2.24, 2.45) is 0 Å². The topological polar surface area (TPSA) is 33.1 Å². The first-order valence-corrected chi connectivity index (χ1v) is 6.83. The maximum atomic E-state index is 4.57. The zero-order chi connectivity index (χ0) is 11.7. The first kappa shape index (κ1) is 11.1. The van der Waals surface area contributed by atoms with E-state index in [-0.39, 0.29) is 0 Å². The number of imidazole rings is 1. The van der Waals surface area contributed by atoms with Crippen molar-refractivity contribution in [3.63, 3.8) is 0 Å². The van der Waals surface area contributed by atoms with Crippen LogP contribution in [0.15, 0.2) is 12.4 Å². The molecule has 1 aliphatic heterocycles. The number of likely N-dealkylation sites (N-methyl/N-ethyl adjacent to an activating group) is 1. The molecule has 3 rings (SSSR count). The highest BCUT2D eigenvalue weighted by Gasteiger charge is 2.27. The minimum atomic E-state index is 0.628. The molecule has 4 heteroatoms. The van der Waals surface area contributed by atoms with Gasteiger partial charge in [0.2, 0.25) is 5.95 Å². The van der Waals surface area contributed by atoms with Gasteiger partial charge >= 0.3 is 0 Å². The van der Waals surface area contributed by atoms with Crippen LogP contribution in [0.2, 0.25) is 0 Å². The van der Waals surface area contributed by atoms with E-state index in [1.54, 1.807) is 0 Å². The Kier molecular flexibility index (Phi) is 3.05. The summed E-state index contributed by atoms with van der Waals surface area (Å²) in [5, 5.41) is 3.37. The highest BCUT2D eigenvalue weighted by Crippen LogP contribution is 2.33. The molecule has 0 radical (unpaired) electrons. The molecule has 2 fully saturated rings. The number of aromatic nitrogens is 2. The lowest BCUT2D eigenvalue weighted by Gasteiger charge is -2.22. The zero-order valence-electron chi connectivity index (χ0n) is 10.6. The minimum absolute atomic E-state index is 0.628. The summed E-state index contributed by atoms with van der Waals surface area (Å²) in [6.07, 6.45) is 10.8. The van der Waals surface area contributed by atoms with E-state index in [1.165, 1.54) is 38.1 Å². The molecule has 0 amide bonds. The standard InChI is InChI=1S/C13H22N4/c1-14-11-6-8-16(10-11)13-15-7-9-17(13)12-4-2-3-5-12/h7,9,11-12,14H,2-6,8,10H2,1H3. The van der Waals surface area contributed by atoms with Crippen molar-refractivity contribution in [1.29, 1.82) is 0 Å². The fourth-order valence-corrected chi connectivity index (χ4v) is 3.20. The average molecular weight is 234 g/mol. The lowest BCUT2D eigenvalue weighted by atomic mass is 10.2. The van der Waals surface area contributed by atoms with Gasteiger partial charge in [-0.1, -0.05) is 12.8 Å². The molecule has 94 valence electrons. The third-order valence-electron chi connectivity index (χ3n) is 4.25. The van der Waals surface area contributed by atoms with Crippen molar-refractivity contribution in [1.82, 2.24) is 14.9 Å². The van der Waals surface area contributed by atoms with Crippen LogP contribution in [-0.4, -0.2) is 35.7 Å². The van der Waals surface area contributed by atoms with Gasteiger partial charge < -0.3 is 14.8 Å². The molecule has 2 aliphatic rings. The van der Waals surface area contributed by atoms with Crippen molar-refractivity contribution in [2.45, 2.75) is 44.2 Å². The predicted molar refractivity (Wildman–Crippen MR) is 69.4 cm³/mol. The Balaban J connectivity index is 1.77. The molecule has 17 heavy (non-hydrogen) atoms. The summed E-state index contributed by atoms with van der Waals surface area (Å²) in [7, 11) is 2.05. The van der Waals surface area contributed by atoms with E-state index >= 15 is 0 Å². The van der Waals surface area contributed by atoms with Gasteiger partial charge in [-0.15, -0.1) is 0 Å². The number of nitrogens with zero attached hydrogens (tertiary/aromatic N) is 3. The molecule has 0 aromatic carbocycles. The van der Waals surface area contributed by atoms with Gasteiger partial charge in [0.15, 0.2) is 0 Å². The largest absolute Gasteiger partial charge is 0.341 e.